The second kappa shape index (κ2) is 5.50. The third-order valence-corrected chi connectivity index (χ3v) is 4.25. The molecule has 1 N–H and O–H groups in total. The number of nitrogens with one attached hydrogen (secondary N) is 1. The van der Waals surface area contributed by atoms with Crippen LogP contribution < -0.4 is 5.32 Å². The minimum absolute atomic E-state index is 0.218. The molecule has 23 heavy (non-hydrogen) atoms. The van der Waals surface area contributed by atoms with Crippen LogP contribution in [-0.4, -0.2) is 10.5 Å². The second-order valence-electron chi connectivity index (χ2n) is 5.58. The number of amides is 1. The van der Waals surface area contributed by atoms with E-state index in [1.807, 2.05) is 33.0 Å². The Balaban J connectivity index is 1.94. The van der Waals surface area contributed by atoms with E-state index in [-0.39, 0.29) is 11.6 Å². The lowest BCUT2D eigenvalue weighted by Crippen LogP contribution is -2.12. The highest BCUT2D eigenvalue weighted by atomic mass is 19.2. The van der Waals surface area contributed by atoms with Crippen LogP contribution in [0.15, 0.2) is 36.4 Å². The van der Waals surface area contributed by atoms with Crippen molar-refractivity contribution in [3.05, 3.63) is 64.9 Å². The van der Waals surface area contributed by atoms with Gasteiger partial charge >= 0.3 is 0 Å². The number of rotatable bonds is 2. The smallest absolute Gasteiger partial charge is 0.255 e. The monoisotopic (exact) mass is 314 g/mol. The van der Waals surface area contributed by atoms with Gasteiger partial charge in [0.25, 0.3) is 5.91 Å². The number of hydrogen-bond donors (Lipinski definition) is 1. The molecule has 118 valence electrons. The number of aryl methyl sites for hydroxylation is 2. The number of carbonyl (C=O) groups excluding carboxylic acids is 1. The Hall–Kier alpha value is -2.69. The maximum absolute atomic E-state index is 13.2. The summed E-state index contributed by atoms with van der Waals surface area (Å²) in [5.74, 6) is -2.30. The van der Waals surface area contributed by atoms with Gasteiger partial charge in [0.2, 0.25) is 0 Å². The van der Waals surface area contributed by atoms with E-state index in [0.717, 1.165) is 34.3 Å². The van der Waals surface area contributed by atoms with Crippen molar-refractivity contribution >= 4 is 22.5 Å². The van der Waals surface area contributed by atoms with Crippen molar-refractivity contribution in [3.63, 3.8) is 0 Å². The molecule has 0 atom stereocenters. The number of halogens is 2. The molecule has 0 fully saturated rings. The third kappa shape index (κ3) is 2.59. The highest BCUT2D eigenvalue weighted by Gasteiger charge is 2.13. The van der Waals surface area contributed by atoms with Gasteiger partial charge in [-0.2, -0.15) is 0 Å². The molecule has 3 aromatic rings. The maximum Gasteiger partial charge on any atom is 0.255 e. The van der Waals surface area contributed by atoms with Crippen molar-refractivity contribution in [2.75, 3.05) is 5.32 Å². The van der Waals surface area contributed by atoms with Crippen molar-refractivity contribution in [2.45, 2.75) is 13.8 Å². The summed E-state index contributed by atoms with van der Waals surface area (Å²) in [5.41, 5.74) is 3.98. The maximum atomic E-state index is 13.2. The number of anilines is 1. The highest BCUT2D eigenvalue weighted by molar-refractivity contribution is 6.06. The zero-order valence-electron chi connectivity index (χ0n) is 13.1. The van der Waals surface area contributed by atoms with Gasteiger partial charge in [-0.25, -0.2) is 8.78 Å². The summed E-state index contributed by atoms with van der Waals surface area (Å²) in [6.45, 7) is 4.03. The molecule has 0 bridgehead atoms. The Labute approximate surface area is 132 Å². The summed E-state index contributed by atoms with van der Waals surface area (Å²) in [4.78, 5) is 12.3. The summed E-state index contributed by atoms with van der Waals surface area (Å²) < 4.78 is 28.2. The van der Waals surface area contributed by atoms with Crippen LogP contribution in [0.25, 0.3) is 10.9 Å². The third-order valence-electron chi connectivity index (χ3n) is 4.25. The van der Waals surface area contributed by atoms with Crippen LogP contribution in [0.1, 0.15) is 21.6 Å². The average Bonchev–Trinajstić information content (AvgIpc) is 2.75. The first-order valence-electron chi connectivity index (χ1n) is 7.20. The van der Waals surface area contributed by atoms with Gasteiger partial charge in [0.15, 0.2) is 11.6 Å². The van der Waals surface area contributed by atoms with Gasteiger partial charge in [0, 0.05) is 41.0 Å². The number of aromatic nitrogens is 1. The lowest BCUT2D eigenvalue weighted by molar-refractivity contribution is 0.102. The molecule has 0 radical (unpaired) electrons. The molecule has 0 saturated heterocycles. The number of nitrogens with zero attached hydrogens (tertiary/aromatic N) is 1. The highest BCUT2D eigenvalue weighted by Crippen LogP contribution is 2.25. The molecule has 3 rings (SSSR count). The van der Waals surface area contributed by atoms with Crippen molar-refractivity contribution in [3.8, 4) is 0 Å². The Morgan fingerprint density at radius 2 is 1.78 bits per heavy atom. The van der Waals surface area contributed by atoms with Crippen LogP contribution in [0.3, 0.4) is 0 Å². The van der Waals surface area contributed by atoms with E-state index in [0.29, 0.717) is 5.56 Å². The van der Waals surface area contributed by atoms with Gasteiger partial charge in [0.1, 0.15) is 0 Å². The topological polar surface area (TPSA) is 34.0 Å². The van der Waals surface area contributed by atoms with Crippen LogP contribution in [0.4, 0.5) is 14.5 Å². The molecule has 0 spiro atoms. The molecule has 1 aromatic heterocycles. The summed E-state index contributed by atoms with van der Waals surface area (Å²) in [6, 6.07) is 8.69. The fourth-order valence-electron chi connectivity index (χ4n) is 2.67. The van der Waals surface area contributed by atoms with E-state index in [4.69, 9.17) is 0 Å². The summed E-state index contributed by atoms with van der Waals surface area (Å²) in [7, 11) is 1.98. The Morgan fingerprint density at radius 1 is 1.04 bits per heavy atom. The van der Waals surface area contributed by atoms with Gasteiger partial charge < -0.3 is 9.88 Å². The zero-order valence-corrected chi connectivity index (χ0v) is 13.1. The lowest BCUT2D eigenvalue weighted by Gasteiger charge is -2.06. The number of hydrogen-bond acceptors (Lipinski definition) is 1. The molecule has 5 heteroatoms. The quantitative estimate of drug-likeness (QED) is 0.751. The minimum atomic E-state index is -0.993. The normalized spacial score (nSPS) is 11.0. The number of benzene rings is 2. The first-order valence-corrected chi connectivity index (χ1v) is 7.20. The van der Waals surface area contributed by atoms with Gasteiger partial charge in [0.05, 0.1) is 0 Å². The van der Waals surface area contributed by atoms with Crippen LogP contribution in [0.2, 0.25) is 0 Å². The van der Waals surface area contributed by atoms with Crippen molar-refractivity contribution < 1.29 is 13.6 Å². The first kappa shape index (κ1) is 15.2. The summed E-state index contributed by atoms with van der Waals surface area (Å²) >= 11 is 0. The van der Waals surface area contributed by atoms with Crippen LogP contribution in [-0.2, 0) is 7.05 Å². The summed E-state index contributed by atoms with van der Waals surface area (Å²) in [5, 5.41) is 3.58. The lowest BCUT2D eigenvalue weighted by atomic mass is 10.1. The molecule has 1 heterocycles. The first-order chi connectivity index (χ1) is 10.9. The average molecular weight is 314 g/mol. The van der Waals surface area contributed by atoms with E-state index in [1.165, 1.54) is 6.07 Å². The van der Waals surface area contributed by atoms with E-state index >= 15 is 0 Å². The molecule has 0 aliphatic carbocycles. The summed E-state index contributed by atoms with van der Waals surface area (Å²) in [6.07, 6.45) is 0. The molecule has 2 aromatic carbocycles. The van der Waals surface area contributed by atoms with Crippen molar-refractivity contribution in [1.29, 1.82) is 0 Å². The zero-order chi connectivity index (χ0) is 16.7. The second-order valence-corrected chi connectivity index (χ2v) is 5.58. The molecular weight excluding hydrogens is 298 g/mol. The van der Waals surface area contributed by atoms with Crippen molar-refractivity contribution in [1.82, 2.24) is 4.57 Å². The molecule has 0 unspecified atom stereocenters. The molecular formula is C18H16F2N2O. The van der Waals surface area contributed by atoms with Gasteiger partial charge in [-0.15, -0.1) is 0 Å². The van der Waals surface area contributed by atoms with Crippen molar-refractivity contribution in [2.24, 2.45) is 7.05 Å². The predicted molar refractivity (Wildman–Crippen MR) is 86.7 cm³/mol. The SMILES string of the molecule is Cc1c(C)n(C)c2ccc(C(=O)Nc3ccc(F)c(F)c3)cc12. The van der Waals surface area contributed by atoms with Gasteiger partial charge in [-0.05, 0) is 49.7 Å². The fraction of sp³-hybridized carbons (Fsp3) is 0.167. The fourth-order valence-corrected chi connectivity index (χ4v) is 2.67. The molecule has 0 saturated carbocycles. The van der Waals surface area contributed by atoms with E-state index < -0.39 is 11.6 Å². The van der Waals surface area contributed by atoms with Gasteiger partial charge in [-0.3, -0.25) is 4.79 Å². The van der Waals surface area contributed by atoms with Crippen LogP contribution in [0, 0.1) is 25.5 Å². The van der Waals surface area contributed by atoms with Crippen LogP contribution >= 0.6 is 0 Å². The van der Waals surface area contributed by atoms with Crippen LogP contribution in [0.5, 0.6) is 0 Å². The molecule has 0 aliphatic heterocycles. The molecule has 0 aliphatic rings. The van der Waals surface area contributed by atoms with Gasteiger partial charge in [-0.1, -0.05) is 0 Å². The predicted octanol–water partition coefficient (Wildman–Crippen LogP) is 4.33. The number of fused-ring (bicyclic) bond motifs is 1. The Bertz CT molecular complexity index is 928. The van der Waals surface area contributed by atoms with E-state index in [1.54, 1.807) is 6.07 Å². The Kier molecular flexibility index (Phi) is 3.64. The Morgan fingerprint density at radius 3 is 2.48 bits per heavy atom. The largest absolute Gasteiger partial charge is 0.348 e. The van der Waals surface area contributed by atoms with E-state index in [2.05, 4.69) is 9.88 Å². The number of carbonyl (C=O) groups is 1. The minimum Gasteiger partial charge on any atom is -0.348 e. The van der Waals surface area contributed by atoms with E-state index in [9.17, 15) is 13.6 Å². The molecule has 1 amide bonds. The standard InChI is InChI=1S/C18H16F2N2O/c1-10-11(2)22(3)17-7-4-12(8-14(10)17)18(23)21-13-5-6-15(19)16(20)9-13/h4-9H,1-3H3,(H,21,23). The molecule has 3 nitrogen and oxygen atoms in total.